The predicted molar refractivity (Wildman–Crippen MR) is 80.5 cm³/mol. The molecule has 0 heterocycles. The lowest BCUT2D eigenvalue weighted by Gasteiger charge is -2.27. The van der Waals surface area contributed by atoms with Crippen LogP contribution in [0.4, 0.5) is 0 Å². The van der Waals surface area contributed by atoms with Gasteiger partial charge in [0.25, 0.3) is 0 Å². The second kappa shape index (κ2) is 6.06. The lowest BCUT2D eigenvalue weighted by Crippen LogP contribution is -2.47. The Kier molecular flexibility index (Phi) is 4.63. The molecular formula is C15H21BrN2O. The first-order chi connectivity index (χ1) is 8.99. The highest BCUT2D eigenvalue weighted by atomic mass is 79.9. The van der Waals surface area contributed by atoms with Gasteiger partial charge in [-0.1, -0.05) is 41.9 Å². The molecule has 3 nitrogen and oxygen atoms in total. The van der Waals surface area contributed by atoms with Gasteiger partial charge >= 0.3 is 0 Å². The molecule has 1 atom stereocenters. The number of nitrogens with zero attached hydrogens (tertiary/aromatic N) is 1. The Morgan fingerprint density at radius 2 is 1.95 bits per heavy atom. The van der Waals surface area contributed by atoms with Crippen LogP contribution in [0.1, 0.15) is 32.3 Å². The van der Waals surface area contributed by atoms with Crippen LogP contribution in [0.25, 0.3) is 0 Å². The largest absolute Gasteiger partial charge is 0.334 e. The molecule has 104 valence electrons. The van der Waals surface area contributed by atoms with Crippen molar-refractivity contribution in [2.24, 2.45) is 11.7 Å². The molecule has 0 spiro atoms. The van der Waals surface area contributed by atoms with Crippen molar-refractivity contribution in [1.82, 2.24) is 4.90 Å². The quantitative estimate of drug-likeness (QED) is 0.905. The number of halogens is 1. The average molecular weight is 325 g/mol. The van der Waals surface area contributed by atoms with Crippen molar-refractivity contribution in [3.8, 4) is 0 Å². The van der Waals surface area contributed by atoms with E-state index in [1.165, 1.54) is 0 Å². The summed E-state index contributed by atoms with van der Waals surface area (Å²) in [5, 5.41) is 0. The summed E-state index contributed by atoms with van der Waals surface area (Å²) in [6.07, 6.45) is 2.21. The average Bonchev–Trinajstić information content (AvgIpc) is 3.20. The Morgan fingerprint density at radius 1 is 1.37 bits per heavy atom. The molecule has 1 aliphatic rings. The van der Waals surface area contributed by atoms with Crippen LogP contribution in [0.5, 0.6) is 0 Å². The molecule has 0 aliphatic heterocycles. The summed E-state index contributed by atoms with van der Waals surface area (Å²) in [6, 6.07) is 8.11. The van der Waals surface area contributed by atoms with Gasteiger partial charge in [0, 0.05) is 17.1 Å². The maximum Gasteiger partial charge on any atom is 0.240 e. The van der Waals surface area contributed by atoms with Gasteiger partial charge < -0.3 is 10.6 Å². The number of hydrogen-bond acceptors (Lipinski definition) is 2. The van der Waals surface area contributed by atoms with Gasteiger partial charge in [-0.3, -0.25) is 4.79 Å². The summed E-state index contributed by atoms with van der Waals surface area (Å²) in [7, 11) is 0. The van der Waals surface area contributed by atoms with Crippen molar-refractivity contribution >= 4 is 21.8 Å². The summed E-state index contributed by atoms with van der Waals surface area (Å²) >= 11 is 3.42. The number of amides is 1. The highest BCUT2D eigenvalue weighted by Gasteiger charge is 2.35. The van der Waals surface area contributed by atoms with Crippen LogP contribution in [-0.4, -0.2) is 22.9 Å². The van der Waals surface area contributed by atoms with Gasteiger partial charge in [-0.15, -0.1) is 0 Å². The predicted octanol–water partition coefficient (Wildman–Crippen LogP) is 2.92. The van der Waals surface area contributed by atoms with E-state index < -0.39 is 6.04 Å². The third-order valence-corrected chi connectivity index (χ3v) is 4.07. The first-order valence-electron chi connectivity index (χ1n) is 6.79. The van der Waals surface area contributed by atoms with E-state index in [1.807, 2.05) is 43.0 Å². The van der Waals surface area contributed by atoms with Crippen molar-refractivity contribution in [2.75, 3.05) is 0 Å². The molecule has 1 amide bonds. The number of benzene rings is 1. The second-order valence-electron chi connectivity index (χ2n) is 5.59. The summed E-state index contributed by atoms with van der Waals surface area (Å²) in [5.74, 6) is 0.263. The van der Waals surface area contributed by atoms with E-state index in [0.29, 0.717) is 12.6 Å². The van der Waals surface area contributed by atoms with Gasteiger partial charge in [-0.2, -0.15) is 0 Å². The number of hydrogen-bond donors (Lipinski definition) is 1. The molecule has 1 saturated carbocycles. The topological polar surface area (TPSA) is 46.3 Å². The second-order valence-corrected chi connectivity index (χ2v) is 6.51. The molecule has 1 unspecified atom stereocenters. The lowest BCUT2D eigenvalue weighted by molar-refractivity contribution is -0.134. The van der Waals surface area contributed by atoms with Crippen LogP contribution in [0.15, 0.2) is 28.7 Å². The molecule has 1 aromatic carbocycles. The Bertz CT molecular complexity index is 440. The van der Waals surface area contributed by atoms with Crippen molar-refractivity contribution in [3.05, 3.63) is 34.3 Å². The molecule has 1 aliphatic carbocycles. The minimum Gasteiger partial charge on any atom is -0.334 e. The van der Waals surface area contributed by atoms with Crippen molar-refractivity contribution in [3.63, 3.8) is 0 Å². The molecule has 0 radical (unpaired) electrons. The fourth-order valence-electron chi connectivity index (χ4n) is 2.04. The van der Waals surface area contributed by atoms with Gasteiger partial charge in [-0.05, 0) is 36.5 Å². The van der Waals surface area contributed by atoms with Crippen LogP contribution in [-0.2, 0) is 11.3 Å². The zero-order chi connectivity index (χ0) is 14.0. The number of carbonyl (C=O) groups excluding carboxylic acids is 1. The molecule has 2 rings (SSSR count). The van der Waals surface area contributed by atoms with Gasteiger partial charge in [0.15, 0.2) is 0 Å². The Labute approximate surface area is 123 Å². The van der Waals surface area contributed by atoms with E-state index in [0.717, 1.165) is 22.9 Å². The molecular weight excluding hydrogens is 304 g/mol. The maximum absolute atomic E-state index is 12.4. The van der Waals surface area contributed by atoms with Gasteiger partial charge in [0.1, 0.15) is 0 Å². The molecule has 19 heavy (non-hydrogen) atoms. The van der Waals surface area contributed by atoms with Crippen molar-refractivity contribution in [2.45, 2.75) is 45.3 Å². The molecule has 1 aromatic rings. The zero-order valence-electron chi connectivity index (χ0n) is 11.5. The van der Waals surface area contributed by atoms with Crippen molar-refractivity contribution < 1.29 is 4.79 Å². The van der Waals surface area contributed by atoms with E-state index in [9.17, 15) is 4.79 Å². The third-order valence-electron chi connectivity index (χ3n) is 3.54. The number of rotatable bonds is 5. The fourth-order valence-corrected chi connectivity index (χ4v) is 2.30. The maximum atomic E-state index is 12.4. The minimum atomic E-state index is -0.393. The summed E-state index contributed by atoms with van der Waals surface area (Å²) in [4.78, 5) is 14.4. The molecule has 0 saturated heterocycles. The highest BCUT2D eigenvalue weighted by molar-refractivity contribution is 9.10. The van der Waals surface area contributed by atoms with Gasteiger partial charge in [0.2, 0.25) is 5.91 Å². The van der Waals surface area contributed by atoms with E-state index in [-0.39, 0.29) is 11.8 Å². The van der Waals surface area contributed by atoms with E-state index >= 15 is 0 Å². The summed E-state index contributed by atoms with van der Waals surface area (Å²) < 4.78 is 1.06. The first kappa shape index (κ1) is 14.5. The Morgan fingerprint density at radius 3 is 2.42 bits per heavy atom. The highest BCUT2D eigenvalue weighted by Crippen LogP contribution is 2.29. The van der Waals surface area contributed by atoms with Crippen molar-refractivity contribution in [1.29, 1.82) is 0 Å². The SMILES string of the molecule is CC(C)C(N)C(=O)N(Cc1ccc(Br)cc1)C1CC1. The van der Waals surface area contributed by atoms with Crippen LogP contribution in [0.3, 0.4) is 0 Å². The Hall–Kier alpha value is -0.870. The lowest BCUT2D eigenvalue weighted by atomic mass is 10.0. The molecule has 2 N–H and O–H groups in total. The minimum absolute atomic E-state index is 0.0837. The third kappa shape index (κ3) is 3.80. The zero-order valence-corrected chi connectivity index (χ0v) is 13.1. The van der Waals surface area contributed by atoms with Gasteiger partial charge in [-0.25, -0.2) is 0 Å². The van der Waals surface area contributed by atoms with Crippen LogP contribution in [0, 0.1) is 5.92 Å². The standard InChI is InChI=1S/C15H21BrN2O/c1-10(2)14(17)15(19)18(13-7-8-13)9-11-3-5-12(16)6-4-11/h3-6,10,13-14H,7-9,17H2,1-2H3. The van der Waals surface area contributed by atoms with E-state index in [4.69, 9.17) is 5.73 Å². The summed E-state index contributed by atoms with van der Waals surface area (Å²) in [6.45, 7) is 4.65. The normalized spacial score (nSPS) is 16.5. The summed E-state index contributed by atoms with van der Waals surface area (Å²) in [5.41, 5.74) is 7.16. The van der Waals surface area contributed by atoms with Crippen LogP contribution >= 0.6 is 15.9 Å². The molecule has 0 aromatic heterocycles. The Balaban J connectivity index is 2.08. The van der Waals surface area contributed by atoms with Gasteiger partial charge in [0.05, 0.1) is 6.04 Å². The van der Waals surface area contributed by atoms with E-state index in [2.05, 4.69) is 15.9 Å². The van der Waals surface area contributed by atoms with E-state index in [1.54, 1.807) is 0 Å². The molecule has 1 fully saturated rings. The number of nitrogens with two attached hydrogens (primary N) is 1. The molecule has 0 bridgehead atoms. The van der Waals surface area contributed by atoms with Crippen LogP contribution < -0.4 is 5.73 Å². The fraction of sp³-hybridized carbons (Fsp3) is 0.533. The molecule has 4 heteroatoms. The smallest absolute Gasteiger partial charge is 0.240 e. The number of carbonyl (C=O) groups is 1. The first-order valence-corrected chi connectivity index (χ1v) is 7.59. The van der Waals surface area contributed by atoms with Crippen LogP contribution in [0.2, 0.25) is 0 Å². The monoisotopic (exact) mass is 324 g/mol.